The van der Waals surface area contributed by atoms with Gasteiger partial charge in [0, 0.05) is 24.4 Å². The number of benzene rings is 2. The van der Waals surface area contributed by atoms with Crippen molar-refractivity contribution in [2.45, 2.75) is 6.54 Å². The predicted molar refractivity (Wildman–Crippen MR) is 105 cm³/mol. The molecule has 5 nitrogen and oxygen atoms in total. The van der Waals surface area contributed by atoms with E-state index in [9.17, 15) is 9.59 Å². The lowest BCUT2D eigenvalue weighted by atomic mass is 10.1. The predicted octanol–water partition coefficient (Wildman–Crippen LogP) is 4.16. The number of hydrogen-bond donors (Lipinski definition) is 1. The van der Waals surface area contributed by atoms with E-state index in [0.29, 0.717) is 23.0 Å². The highest BCUT2D eigenvalue weighted by molar-refractivity contribution is 7.17. The monoisotopic (exact) mass is 388 g/mol. The zero-order chi connectivity index (χ0) is 18.7. The average Bonchev–Trinajstić information content (AvgIpc) is 3.05. The van der Waals surface area contributed by atoms with E-state index >= 15 is 0 Å². The van der Waals surface area contributed by atoms with Crippen LogP contribution in [0.15, 0.2) is 47.8 Å². The number of ether oxygens (including phenoxy) is 1. The molecule has 3 rings (SSSR count). The maximum absolute atomic E-state index is 12.4. The zero-order valence-corrected chi connectivity index (χ0v) is 15.9. The van der Waals surface area contributed by atoms with E-state index in [1.807, 2.05) is 29.6 Å². The molecule has 1 N–H and O–H groups in total. The Balaban J connectivity index is 1.71. The minimum absolute atomic E-state index is 0.332. The van der Waals surface area contributed by atoms with Gasteiger partial charge in [0.25, 0.3) is 0 Å². The van der Waals surface area contributed by atoms with Crippen LogP contribution >= 0.6 is 22.9 Å². The van der Waals surface area contributed by atoms with Crippen LogP contribution < -0.4 is 10.1 Å². The van der Waals surface area contributed by atoms with Gasteiger partial charge in [-0.25, -0.2) is 0 Å². The van der Waals surface area contributed by atoms with Crippen LogP contribution in [-0.4, -0.2) is 30.9 Å². The minimum Gasteiger partial charge on any atom is -0.497 e. The number of nitrogens with zero attached hydrogens (tertiary/aromatic N) is 1. The van der Waals surface area contributed by atoms with E-state index in [-0.39, 0.29) is 0 Å². The molecule has 3 aromatic rings. The number of anilines is 1. The number of likely N-dealkylation sites (N-methyl/N-ethyl adjacent to an activating group) is 1. The Morgan fingerprint density at radius 1 is 1.23 bits per heavy atom. The first kappa shape index (κ1) is 18.2. The Labute approximate surface area is 160 Å². The SMILES string of the molecule is COc1ccc(Cl)c(NC(=O)C(=O)N(C)Cc2csc3ccccc23)c1. The number of halogens is 1. The van der Waals surface area contributed by atoms with Crippen LogP contribution in [0, 0.1) is 0 Å². The Morgan fingerprint density at radius 2 is 2.00 bits per heavy atom. The summed E-state index contributed by atoms with van der Waals surface area (Å²) < 4.78 is 6.26. The van der Waals surface area contributed by atoms with Crippen molar-refractivity contribution in [2.24, 2.45) is 0 Å². The smallest absolute Gasteiger partial charge is 0.313 e. The molecule has 2 amide bonds. The van der Waals surface area contributed by atoms with Crippen LogP contribution in [0.3, 0.4) is 0 Å². The molecule has 0 unspecified atom stereocenters. The Hall–Kier alpha value is -2.57. The van der Waals surface area contributed by atoms with Crippen LogP contribution in [0.1, 0.15) is 5.56 Å². The number of fused-ring (bicyclic) bond motifs is 1. The van der Waals surface area contributed by atoms with Gasteiger partial charge in [-0.15, -0.1) is 11.3 Å². The quantitative estimate of drug-likeness (QED) is 0.683. The molecule has 0 bridgehead atoms. The van der Waals surface area contributed by atoms with Gasteiger partial charge in [-0.05, 0) is 34.5 Å². The van der Waals surface area contributed by atoms with E-state index in [1.54, 1.807) is 36.6 Å². The molecule has 1 heterocycles. The number of thiophene rings is 1. The number of rotatable bonds is 4. The molecule has 26 heavy (non-hydrogen) atoms. The number of nitrogens with one attached hydrogen (secondary N) is 1. The molecule has 0 aliphatic rings. The summed E-state index contributed by atoms with van der Waals surface area (Å²) in [5.41, 5.74) is 1.34. The lowest BCUT2D eigenvalue weighted by Crippen LogP contribution is -2.36. The summed E-state index contributed by atoms with van der Waals surface area (Å²) in [6.45, 7) is 0.349. The molecule has 0 aliphatic heterocycles. The van der Waals surface area contributed by atoms with Crippen LogP contribution in [0.5, 0.6) is 5.75 Å². The normalized spacial score (nSPS) is 10.6. The molecule has 0 saturated carbocycles. The van der Waals surface area contributed by atoms with E-state index in [2.05, 4.69) is 5.32 Å². The number of methoxy groups -OCH3 is 1. The molecule has 134 valence electrons. The van der Waals surface area contributed by atoms with Crippen molar-refractivity contribution in [3.05, 3.63) is 58.4 Å². The van der Waals surface area contributed by atoms with Crippen molar-refractivity contribution in [2.75, 3.05) is 19.5 Å². The summed E-state index contributed by atoms with van der Waals surface area (Å²) in [4.78, 5) is 26.1. The fourth-order valence-corrected chi connectivity index (χ4v) is 3.68. The van der Waals surface area contributed by atoms with Crippen molar-refractivity contribution in [3.8, 4) is 5.75 Å². The second-order valence-corrected chi connectivity index (χ2v) is 7.04. The Morgan fingerprint density at radius 3 is 2.77 bits per heavy atom. The maximum Gasteiger partial charge on any atom is 0.313 e. The van der Waals surface area contributed by atoms with Crippen molar-refractivity contribution < 1.29 is 14.3 Å². The summed E-state index contributed by atoms with van der Waals surface area (Å²) in [6.07, 6.45) is 0. The highest BCUT2D eigenvalue weighted by atomic mass is 35.5. The zero-order valence-electron chi connectivity index (χ0n) is 14.3. The summed E-state index contributed by atoms with van der Waals surface area (Å²) in [5.74, 6) is -0.850. The largest absolute Gasteiger partial charge is 0.497 e. The number of hydrogen-bond acceptors (Lipinski definition) is 4. The lowest BCUT2D eigenvalue weighted by Gasteiger charge is -2.17. The standard InChI is InChI=1S/C19H17ClN2O3S/c1-22(10-12-11-26-17-6-4-3-5-14(12)17)19(24)18(23)21-16-9-13(25-2)7-8-15(16)20/h3-9,11H,10H2,1-2H3,(H,21,23). The molecular formula is C19H17ClN2O3S. The molecule has 7 heteroatoms. The van der Waals surface area contributed by atoms with Crippen LogP contribution in [-0.2, 0) is 16.1 Å². The first-order valence-corrected chi connectivity index (χ1v) is 9.10. The van der Waals surface area contributed by atoms with Gasteiger partial charge in [0.1, 0.15) is 5.75 Å². The third kappa shape index (κ3) is 3.81. The van der Waals surface area contributed by atoms with E-state index < -0.39 is 11.8 Å². The van der Waals surface area contributed by atoms with Gasteiger partial charge in [-0.1, -0.05) is 29.8 Å². The molecular weight excluding hydrogens is 372 g/mol. The van der Waals surface area contributed by atoms with Gasteiger partial charge in [0.05, 0.1) is 17.8 Å². The fourth-order valence-electron chi connectivity index (χ4n) is 2.56. The second-order valence-electron chi connectivity index (χ2n) is 5.72. The first-order valence-electron chi connectivity index (χ1n) is 7.84. The fraction of sp³-hybridized carbons (Fsp3) is 0.158. The average molecular weight is 389 g/mol. The van der Waals surface area contributed by atoms with E-state index in [0.717, 1.165) is 15.6 Å². The molecule has 0 fully saturated rings. The number of carbonyl (C=O) groups is 2. The highest BCUT2D eigenvalue weighted by Crippen LogP contribution is 2.28. The molecule has 2 aromatic carbocycles. The van der Waals surface area contributed by atoms with E-state index in [4.69, 9.17) is 16.3 Å². The first-order chi connectivity index (χ1) is 12.5. The molecule has 0 radical (unpaired) electrons. The van der Waals surface area contributed by atoms with Gasteiger partial charge < -0.3 is 15.0 Å². The van der Waals surface area contributed by atoms with E-state index in [1.165, 1.54) is 12.0 Å². The van der Waals surface area contributed by atoms with Crippen molar-refractivity contribution in [3.63, 3.8) is 0 Å². The third-order valence-corrected chi connectivity index (χ3v) is 5.27. The van der Waals surface area contributed by atoms with Gasteiger partial charge in [0.2, 0.25) is 0 Å². The maximum atomic E-state index is 12.4. The topological polar surface area (TPSA) is 58.6 Å². The van der Waals surface area contributed by atoms with Crippen LogP contribution in [0.2, 0.25) is 5.02 Å². The van der Waals surface area contributed by atoms with Crippen molar-refractivity contribution in [1.82, 2.24) is 4.90 Å². The van der Waals surface area contributed by atoms with Crippen molar-refractivity contribution >= 4 is 50.5 Å². The van der Waals surface area contributed by atoms with Gasteiger partial charge in [-0.2, -0.15) is 0 Å². The van der Waals surface area contributed by atoms with Gasteiger partial charge in [-0.3, -0.25) is 9.59 Å². The Kier molecular flexibility index (Phi) is 5.44. The number of amides is 2. The Bertz CT molecular complexity index is 970. The van der Waals surface area contributed by atoms with Crippen LogP contribution in [0.25, 0.3) is 10.1 Å². The molecule has 1 aromatic heterocycles. The molecule has 0 saturated heterocycles. The van der Waals surface area contributed by atoms with Crippen LogP contribution in [0.4, 0.5) is 5.69 Å². The molecule has 0 atom stereocenters. The van der Waals surface area contributed by atoms with Crippen molar-refractivity contribution in [1.29, 1.82) is 0 Å². The molecule has 0 aliphatic carbocycles. The lowest BCUT2D eigenvalue weighted by molar-refractivity contribution is -0.142. The number of carbonyl (C=O) groups excluding carboxylic acids is 2. The highest BCUT2D eigenvalue weighted by Gasteiger charge is 2.21. The van der Waals surface area contributed by atoms with Gasteiger partial charge in [0.15, 0.2) is 0 Å². The molecule has 0 spiro atoms. The second kappa shape index (κ2) is 7.76. The third-order valence-electron chi connectivity index (χ3n) is 3.93. The van der Waals surface area contributed by atoms with Gasteiger partial charge >= 0.3 is 11.8 Å². The summed E-state index contributed by atoms with van der Waals surface area (Å²) >= 11 is 7.68. The summed E-state index contributed by atoms with van der Waals surface area (Å²) in [7, 11) is 3.11. The summed E-state index contributed by atoms with van der Waals surface area (Å²) in [6, 6.07) is 12.8. The summed E-state index contributed by atoms with van der Waals surface area (Å²) in [5, 5.41) is 5.97. The minimum atomic E-state index is -0.748.